The van der Waals surface area contributed by atoms with E-state index in [0.717, 1.165) is 21.9 Å². The fourth-order valence-corrected chi connectivity index (χ4v) is 3.28. The van der Waals surface area contributed by atoms with Crippen LogP contribution in [0, 0.1) is 0 Å². The molecule has 7 heteroatoms. The quantitative estimate of drug-likeness (QED) is 0.624. The third kappa shape index (κ3) is 5.75. The van der Waals surface area contributed by atoms with Gasteiger partial charge in [0.1, 0.15) is 0 Å². The number of carbonyl (C=O) groups excluding carboxylic acids is 1. The molecular formula is C19H23ClN2O3S. The average molecular weight is 395 g/mol. The smallest absolute Gasteiger partial charge is 0.239 e. The third-order valence-electron chi connectivity index (χ3n) is 3.62. The van der Waals surface area contributed by atoms with E-state index in [9.17, 15) is 4.79 Å². The van der Waals surface area contributed by atoms with Crippen LogP contribution in [0.4, 0.5) is 5.69 Å². The van der Waals surface area contributed by atoms with Crippen LogP contribution in [-0.4, -0.2) is 32.4 Å². The molecule has 2 N–H and O–H groups in total. The zero-order valence-electron chi connectivity index (χ0n) is 15.1. The number of halogens is 1. The maximum absolute atomic E-state index is 12.2. The van der Waals surface area contributed by atoms with Crippen molar-refractivity contribution in [3.05, 3.63) is 47.0 Å². The number of benzene rings is 2. The predicted molar refractivity (Wildman–Crippen MR) is 108 cm³/mol. The number of ether oxygens (including phenoxy) is 2. The lowest BCUT2D eigenvalue weighted by molar-refractivity contribution is -0.119. The fraction of sp³-hybridized carbons (Fsp3) is 0.316. The van der Waals surface area contributed by atoms with Gasteiger partial charge >= 0.3 is 0 Å². The molecule has 0 unspecified atom stereocenters. The summed E-state index contributed by atoms with van der Waals surface area (Å²) in [5.41, 5.74) is 1.80. The maximum atomic E-state index is 12.2. The number of rotatable bonds is 9. The van der Waals surface area contributed by atoms with Gasteiger partial charge in [-0.3, -0.25) is 4.79 Å². The number of carbonyl (C=O) groups is 1. The Morgan fingerprint density at radius 1 is 1.12 bits per heavy atom. The summed E-state index contributed by atoms with van der Waals surface area (Å²) >= 11 is 7.76. The zero-order chi connectivity index (χ0) is 18.9. The van der Waals surface area contributed by atoms with Crippen molar-refractivity contribution in [3.63, 3.8) is 0 Å². The molecule has 0 aliphatic heterocycles. The van der Waals surface area contributed by atoms with Gasteiger partial charge < -0.3 is 20.1 Å². The summed E-state index contributed by atoms with van der Waals surface area (Å²) < 4.78 is 10.5. The molecule has 0 heterocycles. The molecule has 0 saturated carbocycles. The van der Waals surface area contributed by atoms with Crippen LogP contribution < -0.4 is 20.1 Å². The normalized spacial score (nSPS) is 10.3. The van der Waals surface area contributed by atoms with Crippen LogP contribution in [0.2, 0.25) is 5.02 Å². The van der Waals surface area contributed by atoms with E-state index >= 15 is 0 Å². The highest BCUT2D eigenvalue weighted by Gasteiger charge is 2.08. The Morgan fingerprint density at radius 2 is 1.88 bits per heavy atom. The molecule has 0 saturated heterocycles. The molecule has 2 rings (SSSR count). The van der Waals surface area contributed by atoms with Crippen molar-refractivity contribution in [1.29, 1.82) is 0 Å². The largest absolute Gasteiger partial charge is 0.493 e. The summed E-state index contributed by atoms with van der Waals surface area (Å²) in [5, 5.41) is 6.68. The van der Waals surface area contributed by atoms with Gasteiger partial charge in [-0.25, -0.2) is 0 Å². The Balaban J connectivity index is 1.91. The number of methoxy groups -OCH3 is 2. The van der Waals surface area contributed by atoms with Gasteiger partial charge in [-0.1, -0.05) is 24.6 Å². The Labute approximate surface area is 163 Å². The molecule has 0 fully saturated rings. The van der Waals surface area contributed by atoms with Crippen molar-refractivity contribution in [2.24, 2.45) is 0 Å². The molecule has 2 aromatic rings. The topological polar surface area (TPSA) is 59.6 Å². The molecule has 2 aromatic carbocycles. The number of hydrogen-bond donors (Lipinski definition) is 2. The first-order valence-corrected chi connectivity index (χ1v) is 9.57. The highest BCUT2D eigenvalue weighted by molar-refractivity contribution is 7.99. The molecule has 140 valence electrons. The summed E-state index contributed by atoms with van der Waals surface area (Å²) in [6.45, 7) is 2.66. The Bertz CT molecular complexity index is 756. The number of anilines is 1. The standard InChI is InChI=1S/C19H23ClN2O3S/c1-4-26-18-8-6-14(20)10-15(18)21-12-19(23)22-11-13-5-7-16(24-2)17(9-13)25-3/h5-10,21H,4,11-12H2,1-3H3,(H,22,23). The zero-order valence-corrected chi connectivity index (χ0v) is 16.7. The molecule has 5 nitrogen and oxygen atoms in total. The van der Waals surface area contributed by atoms with Crippen LogP contribution >= 0.6 is 23.4 Å². The second kappa shape index (κ2) is 10.2. The molecule has 1 amide bonds. The van der Waals surface area contributed by atoms with Gasteiger partial charge in [0, 0.05) is 22.2 Å². The number of nitrogens with one attached hydrogen (secondary N) is 2. The number of hydrogen-bond acceptors (Lipinski definition) is 5. The van der Waals surface area contributed by atoms with Gasteiger partial charge in [-0.2, -0.15) is 0 Å². The summed E-state index contributed by atoms with van der Waals surface area (Å²) in [5.74, 6) is 2.14. The molecule has 0 radical (unpaired) electrons. The summed E-state index contributed by atoms with van der Waals surface area (Å²) in [4.78, 5) is 13.2. The fourth-order valence-electron chi connectivity index (χ4n) is 2.35. The molecule has 26 heavy (non-hydrogen) atoms. The molecule has 0 aromatic heterocycles. The van der Waals surface area contributed by atoms with Crippen molar-refractivity contribution < 1.29 is 14.3 Å². The first-order valence-electron chi connectivity index (χ1n) is 8.21. The molecule has 0 aliphatic carbocycles. The number of amides is 1. The monoisotopic (exact) mass is 394 g/mol. The van der Waals surface area contributed by atoms with Crippen LogP contribution in [-0.2, 0) is 11.3 Å². The lowest BCUT2D eigenvalue weighted by Gasteiger charge is -2.13. The van der Waals surface area contributed by atoms with E-state index < -0.39 is 0 Å². The lowest BCUT2D eigenvalue weighted by Crippen LogP contribution is -2.29. The first-order chi connectivity index (χ1) is 12.6. The highest BCUT2D eigenvalue weighted by atomic mass is 35.5. The van der Waals surface area contributed by atoms with E-state index in [1.54, 1.807) is 26.0 Å². The van der Waals surface area contributed by atoms with Crippen LogP contribution in [0.3, 0.4) is 0 Å². The second-order valence-electron chi connectivity index (χ2n) is 5.39. The summed E-state index contributed by atoms with van der Waals surface area (Å²) in [7, 11) is 3.17. The molecule has 0 bridgehead atoms. The molecule has 0 atom stereocenters. The highest BCUT2D eigenvalue weighted by Crippen LogP contribution is 2.30. The van der Waals surface area contributed by atoms with Crippen molar-refractivity contribution in [2.45, 2.75) is 18.4 Å². The van der Waals surface area contributed by atoms with Crippen LogP contribution in [0.5, 0.6) is 11.5 Å². The van der Waals surface area contributed by atoms with Gasteiger partial charge in [-0.05, 0) is 41.6 Å². The van der Waals surface area contributed by atoms with Crippen LogP contribution in [0.1, 0.15) is 12.5 Å². The summed E-state index contributed by atoms with van der Waals surface area (Å²) in [6, 6.07) is 11.2. The van der Waals surface area contributed by atoms with Gasteiger partial charge in [0.15, 0.2) is 11.5 Å². The van der Waals surface area contributed by atoms with E-state index in [2.05, 4.69) is 17.6 Å². The molecule has 0 spiro atoms. The van der Waals surface area contributed by atoms with Crippen molar-refractivity contribution in [1.82, 2.24) is 5.32 Å². The minimum absolute atomic E-state index is 0.104. The Hall–Kier alpha value is -2.05. The van der Waals surface area contributed by atoms with E-state index in [0.29, 0.717) is 23.1 Å². The van der Waals surface area contributed by atoms with Crippen molar-refractivity contribution in [3.8, 4) is 11.5 Å². The van der Waals surface area contributed by atoms with E-state index in [1.165, 1.54) is 0 Å². The van der Waals surface area contributed by atoms with E-state index in [-0.39, 0.29) is 12.5 Å². The van der Waals surface area contributed by atoms with Crippen molar-refractivity contribution >= 4 is 35.0 Å². The molecule has 0 aliphatic rings. The predicted octanol–water partition coefficient (Wildman–Crippen LogP) is 4.20. The van der Waals surface area contributed by atoms with E-state index in [1.807, 2.05) is 36.4 Å². The SMILES string of the molecule is CCSc1ccc(Cl)cc1NCC(=O)NCc1ccc(OC)c(OC)c1. The van der Waals surface area contributed by atoms with Crippen molar-refractivity contribution in [2.75, 3.05) is 31.8 Å². The van der Waals surface area contributed by atoms with Gasteiger partial charge in [0.2, 0.25) is 5.91 Å². The average Bonchev–Trinajstić information content (AvgIpc) is 2.66. The first kappa shape index (κ1) is 20.3. The summed E-state index contributed by atoms with van der Waals surface area (Å²) in [6.07, 6.45) is 0. The Morgan fingerprint density at radius 3 is 2.58 bits per heavy atom. The van der Waals surface area contributed by atoms with Gasteiger partial charge in [0.25, 0.3) is 0 Å². The van der Waals surface area contributed by atoms with Crippen LogP contribution in [0.15, 0.2) is 41.3 Å². The van der Waals surface area contributed by atoms with Crippen LogP contribution in [0.25, 0.3) is 0 Å². The second-order valence-corrected chi connectivity index (χ2v) is 7.14. The minimum atomic E-state index is -0.104. The maximum Gasteiger partial charge on any atom is 0.239 e. The van der Waals surface area contributed by atoms with E-state index in [4.69, 9.17) is 21.1 Å². The minimum Gasteiger partial charge on any atom is -0.493 e. The third-order valence-corrected chi connectivity index (χ3v) is 4.81. The van der Waals surface area contributed by atoms with Gasteiger partial charge in [0.05, 0.1) is 20.8 Å². The lowest BCUT2D eigenvalue weighted by atomic mass is 10.2. The Kier molecular flexibility index (Phi) is 7.94. The number of thioether (sulfide) groups is 1. The van der Waals surface area contributed by atoms with Gasteiger partial charge in [-0.15, -0.1) is 11.8 Å². The molecular weight excluding hydrogens is 372 g/mol.